The SMILES string of the molecule is Cc1ccnc(Cl)c1NC1C[C@H](C)Sc2sccc21. The maximum atomic E-state index is 6.21. The highest BCUT2D eigenvalue weighted by molar-refractivity contribution is 8.01. The van der Waals surface area contributed by atoms with E-state index >= 15 is 0 Å². The van der Waals surface area contributed by atoms with Gasteiger partial charge in [0.15, 0.2) is 5.15 Å². The number of fused-ring (bicyclic) bond motifs is 1. The van der Waals surface area contributed by atoms with Crippen LogP contribution in [0.4, 0.5) is 5.69 Å². The van der Waals surface area contributed by atoms with E-state index in [9.17, 15) is 0 Å². The Balaban J connectivity index is 1.92. The van der Waals surface area contributed by atoms with E-state index in [4.69, 9.17) is 11.6 Å². The summed E-state index contributed by atoms with van der Waals surface area (Å²) in [6, 6.07) is 4.54. The summed E-state index contributed by atoms with van der Waals surface area (Å²) in [7, 11) is 0. The fourth-order valence-corrected chi connectivity index (χ4v) is 5.19. The molecule has 0 aliphatic carbocycles. The first-order valence-electron chi connectivity index (χ1n) is 6.27. The molecule has 0 bridgehead atoms. The molecule has 3 rings (SSSR count). The van der Waals surface area contributed by atoms with Gasteiger partial charge in [0.2, 0.25) is 0 Å². The van der Waals surface area contributed by atoms with Crippen LogP contribution >= 0.6 is 34.7 Å². The van der Waals surface area contributed by atoms with Crippen LogP contribution in [0.1, 0.15) is 30.5 Å². The van der Waals surface area contributed by atoms with Crippen molar-refractivity contribution in [2.24, 2.45) is 0 Å². The lowest BCUT2D eigenvalue weighted by Gasteiger charge is -2.29. The van der Waals surface area contributed by atoms with Gasteiger partial charge in [-0.1, -0.05) is 18.5 Å². The topological polar surface area (TPSA) is 24.9 Å². The molecule has 1 unspecified atom stereocenters. The Labute approximate surface area is 126 Å². The highest BCUT2D eigenvalue weighted by Gasteiger charge is 2.27. The molecule has 3 heterocycles. The Kier molecular flexibility index (Phi) is 3.74. The van der Waals surface area contributed by atoms with Crippen molar-refractivity contribution >= 4 is 40.4 Å². The van der Waals surface area contributed by atoms with Crippen LogP contribution < -0.4 is 5.32 Å². The second kappa shape index (κ2) is 5.35. The van der Waals surface area contributed by atoms with Gasteiger partial charge in [-0.25, -0.2) is 4.98 Å². The van der Waals surface area contributed by atoms with Gasteiger partial charge in [0.25, 0.3) is 0 Å². The van der Waals surface area contributed by atoms with Crippen LogP contribution in [-0.4, -0.2) is 10.2 Å². The number of thiophene rings is 1. The predicted octanol–water partition coefficient (Wildman–Crippen LogP) is 5.14. The molecule has 2 aromatic heterocycles. The van der Waals surface area contributed by atoms with Gasteiger partial charge < -0.3 is 5.32 Å². The van der Waals surface area contributed by atoms with E-state index in [-0.39, 0.29) is 0 Å². The van der Waals surface area contributed by atoms with Gasteiger partial charge in [0.05, 0.1) is 15.9 Å². The van der Waals surface area contributed by atoms with Gasteiger partial charge in [-0.3, -0.25) is 0 Å². The number of hydrogen-bond donors (Lipinski definition) is 1. The number of rotatable bonds is 2. The largest absolute Gasteiger partial charge is 0.375 e. The van der Waals surface area contributed by atoms with Gasteiger partial charge in [-0.15, -0.1) is 23.1 Å². The average Bonchev–Trinajstić information content (AvgIpc) is 2.81. The third-order valence-electron chi connectivity index (χ3n) is 3.34. The predicted molar refractivity (Wildman–Crippen MR) is 84.6 cm³/mol. The number of nitrogens with one attached hydrogen (secondary N) is 1. The molecule has 2 atom stereocenters. The van der Waals surface area contributed by atoms with Crippen molar-refractivity contribution in [3.8, 4) is 0 Å². The Morgan fingerprint density at radius 1 is 1.42 bits per heavy atom. The zero-order valence-electron chi connectivity index (χ0n) is 10.8. The Morgan fingerprint density at radius 2 is 2.26 bits per heavy atom. The molecule has 0 saturated heterocycles. The molecule has 2 nitrogen and oxygen atoms in total. The monoisotopic (exact) mass is 310 g/mol. The molecule has 0 amide bonds. The number of anilines is 1. The van der Waals surface area contributed by atoms with E-state index in [0.717, 1.165) is 17.7 Å². The lowest BCUT2D eigenvalue weighted by atomic mass is 10.0. The van der Waals surface area contributed by atoms with E-state index in [1.165, 1.54) is 9.77 Å². The van der Waals surface area contributed by atoms with Crippen molar-refractivity contribution in [1.29, 1.82) is 0 Å². The van der Waals surface area contributed by atoms with Crippen molar-refractivity contribution in [3.05, 3.63) is 40.0 Å². The smallest absolute Gasteiger partial charge is 0.152 e. The van der Waals surface area contributed by atoms with Crippen molar-refractivity contribution < 1.29 is 0 Å². The highest BCUT2D eigenvalue weighted by atomic mass is 35.5. The van der Waals surface area contributed by atoms with Crippen LogP contribution in [0.25, 0.3) is 0 Å². The lowest BCUT2D eigenvalue weighted by molar-refractivity contribution is 0.669. The van der Waals surface area contributed by atoms with E-state index in [1.807, 2.05) is 29.2 Å². The summed E-state index contributed by atoms with van der Waals surface area (Å²) in [5.74, 6) is 0. The van der Waals surface area contributed by atoms with Crippen LogP contribution in [0.2, 0.25) is 5.15 Å². The van der Waals surface area contributed by atoms with E-state index < -0.39 is 0 Å². The number of hydrogen-bond acceptors (Lipinski definition) is 4. The summed E-state index contributed by atoms with van der Waals surface area (Å²) < 4.78 is 1.42. The minimum Gasteiger partial charge on any atom is -0.375 e. The minimum atomic E-state index is 0.331. The second-order valence-corrected chi connectivity index (χ2v) is 7.80. The number of thioether (sulfide) groups is 1. The first-order chi connectivity index (χ1) is 9.15. The molecule has 0 fully saturated rings. The summed E-state index contributed by atoms with van der Waals surface area (Å²) >= 11 is 10.0. The van der Waals surface area contributed by atoms with Gasteiger partial charge in [-0.2, -0.15) is 0 Å². The number of aromatic nitrogens is 1. The van der Waals surface area contributed by atoms with Crippen LogP contribution in [0.15, 0.2) is 27.9 Å². The Bertz CT molecular complexity index is 577. The number of pyridine rings is 1. The van der Waals surface area contributed by atoms with E-state index in [2.05, 4.69) is 35.6 Å². The molecular weight excluding hydrogens is 296 g/mol. The fraction of sp³-hybridized carbons (Fsp3) is 0.357. The Morgan fingerprint density at radius 3 is 3.05 bits per heavy atom. The number of nitrogens with zero attached hydrogens (tertiary/aromatic N) is 1. The van der Waals surface area contributed by atoms with Crippen molar-refractivity contribution in [3.63, 3.8) is 0 Å². The van der Waals surface area contributed by atoms with Crippen molar-refractivity contribution in [1.82, 2.24) is 4.98 Å². The molecule has 0 aromatic carbocycles. The third-order valence-corrected chi connectivity index (χ3v) is 5.97. The summed E-state index contributed by atoms with van der Waals surface area (Å²) in [6.07, 6.45) is 2.86. The molecule has 0 spiro atoms. The zero-order chi connectivity index (χ0) is 13.4. The Hall–Kier alpha value is -0.710. The summed E-state index contributed by atoms with van der Waals surface area (Å²) in [4.78, 5) is 4.17. The molecule has 19 heavy (non-hydrogen) atoms. The maximum Gasteiger partial charge on any atom is 0.152 e. The molecule has 1 aliphatic heterocycles. The molecule has 2 aromatic rings. The average molecular weight is 311 g/mol. The van der Waals surface area contributed by atoms with Crippen molar-refractivity contribution in [2.45, 2.75) is 35.8 Å². The van der Waals surface area contributed by atoms with Crippen LogP contribution in [0, 0.1) is 6.92 Å². The van der Waals surface area contributed by atoms with Crippen LogP contribution in [0.5, 0.6) is 0 Å². The fourth-order valence-electron chi connectivity index (χ4n) is 2.36. The van der Waals surface area contributed by atoms with Gasteiger partial charge >= 0.3 is 0 Å². The molecule has 1 aliphatic rings. The summed E-state index contributed by atoms with van der Waals surface area (Å²) in [5.41, 5.74) is 3.50. The molecule has 1 N–H and O–H groups in total. The molecule has 100 valence electrons. The highest BCUT2D eigenvalue weighted by Crippen LogP contribution is 2.45. The van der Waals surface area contributed by atoms with Gasteiger partial charge in [0.1, 0.15) is 0 Å². The molecule has 0 radical (unpaired) electrons. The second-order valence-electron chi connectivity index (χ2n) is 4.82. The van der Waals surface area contributed by atoms with Crippen molar-refractivity contribution in [2.75, 3.05) is 5.32 Å². The number of halogens is 1. The van der Waals surface area contributed by atoms with E-state index in [0.29, 0.717) is 16.4 Å². The first kappa shape index (κ1) is 13.3. The molecule has 5 heteroatoms. The first-order valence-corrected chi connectivity index (χ1v) is 8.40. The summed E-state index contributed by atoms with van der Waals surface area (Å²) in [6.45, 7) is 4.34. The maximum absolute atomic E-state index is 6.21. The number of aryl methyl sites for hydroxylation is 1. The van der Waals surface area contributed by atoms with Gasteiger partial charge in [0, 0.05) is 11.4 Å². The quantitative estimate of drug-likeness (QED) is 0.777. The summed E-state index contributed by atoms with van der Waals surface area (Å²) in [5, 5.41) is 6.94. The molecule has 0 saturated carbocycles. The van der Waals surface area contributed by atoms with Gasteiger partial charge in [-0.05, 0) is 42.0 Å². The zero-order valence-corrected chi connectivity index (χ0v) is 13.2. The third kappa shape index (κ3) is 2.62. The molecular formula is C14H15ClN2S2. The van der Waals surface area contributed by atoms with Crippen LogP contribution in [-0.2, 0) is 0 Å². The van der Waals surface area contributed by atoms with E-state index in [1.54, 1.807) is 6.20 Å². The normalized spacial score (nSPS) is 22.1. The van der Waals surface area contributed by atoms with Crippen LogP contribution in [0.3, 0.4) is 0 Å². The lowest BCUT2D eigenvalue weighted by Crippen LogP contribution is -2.19. The standard InChI is InChI=1S/C14H15ClN2S2/c1-8-3-5-16-13(15)12(8)17-11-7-9(2)19-14-10(11)4-6-18-14/h3-6,9,11,17H,7H2,1-2H3/t9-,11?/m0/s1. The minimum absolute atomic E-state index is 0.331.